The third kappa shape index (κ3) is 5.14. The van der Waals surface area contributed by atoms with Crippen LogP contribution < -0.4 is 4.74 Å². The van der Waals surface area contributed by atoms with Gasteiger partial charge in [-0.2, -0.15) is 0 Å². The Morgan fingerprint density at radius 2 is 1.71 bits per heavy atom. The number of hydrogen-bond acceptors (Lipinski definition) is 5. The van der Waals surface area contributed by atoms with Crippen LogP contribution in [-0.4, -0.2) is 60.4 Å². The zero-order chi connectivity index (χ0) is 22.5. The fourth-order valence-corrected chi connectivity index (χ4v) is 3.53. The van der Waals surface area contributed by atoms with Crippen LogP contribution >= 0.6 is 0 Å². The molecule has 1 aliphatic rings. The van der Waals surface area contributed by atoms with Crippen LogP contribution in [0.15, 0.2) is 60.2 Å². The lowest BCUT2D eigenvalue weighted by Gasteiger charge is -2.26. The van der Waals surface area contributed by atoms with Crippen molar-refractivity contribution in [1.29, 1.82) is 0 Å². The van der Waals surface area contributed by atoms with E-state index in [1.165, 1.54) is 0 Å². The van der Waals surface area contributed by atoms with Crippen LogP contribution in [0.2, 0.25) is 0 Å². The van der Waals surface area contributed by atoms with Crippen LogP contribution in [0, 0.1) is 5.92 Å². The smallest absolute Gasteiger partial charge is 0.295 e. The van der Waals surface area contributed by atoms with Crippen molar-refractivity contribution in [2.75, 3.05) is 33.8 Å². The van der Waals surface area contributed by atoms with Crippen LogP contribution in [0.25, 0.3) is 5.76 Å². The number of hydrogen-bond donors (Lipinski definition) is 1. The first kappa shape index (κ1) is 22.6. The number of rotatable bonds is 8. The molecule has 0 aromatic heterocycles. The quantitative estimate of drug-likeness (QED) is 0.399. The molecule has 6 nitrogen and oxygen atoms in total. The molecule has 0 bridgehead atoms. The number of aliphatic hydroxyl groups excluding tert-OH is 1. The number of ketones is 1. The number of nitrogens with zero attached hydrogens (tertiary/aromatic N) is 2. The Balaban J connectivity index is 2.00. The minimum Gasteiger partial charge on any atom is -0.507 e. The Labute approximate surface area is 183 Å². The Bertz CT molecular complexity index is 949. The van der Waals surface area contributed by atoms with E-state index in [0.29, 0.717) is 36.9 Å². The number of likely N-dealkylation sites (N-methyl/N-ethyl adjacent to an activating group) is 1. The van der Waals surface area contributed by atoms with Crippen molar-refractivity contribution < 1.29 is 19.4 Å². The first-order valence-corrected chi connectivity index (χ1v) is 10.5. The maximum absolute atomic E-state index is 13.0. The highest BCUT2D eigenvalue weighted by atomic mass is 16.5. The standard InChI is InChI=1S/C25H30N2O4/c1-17(2)16-31-20-12-10-19(11-13-20)23(28)21-22(18-8-6-5-7-9-18)27(15-14-26(3)4)25(30)24(21)29/h5-13,17,22,28H,14-16H2,1-4H3/t22-/m0/s1. The molecule has 0 saturated carbocycles. The lowest BCUT2D eigenvalue weighted by Crippen LogP contribution is -2.35. The molecule has 0 aliphatic carbocycles. The molecule has 0 spiro atoms. The maximum Gasteiger partial charge on any atom is 0.295 e. The molecule has 1 amide bonds. The van der Waals surface area contributed by atoms with Crippen LogP contribution in [0.1, 0.15) is 31.0 Å². The third-order valence-corrected chi connectivity index (χ3v) is 5.15. The number of carbonyl (C=O) groups excluding carboxylic acids is 2. The summed E-state index contributed by atoms with van der Waals surface area (Å²) in [6.45, 7) is 5.72. The Morgan fingerprint density at radius 1 is 1.06 bits per heavy atom. The van der Waals surface area contributed by atoms with Gasteiger partial charge in [-0.25, -0.2) is 0 Å². The summed E-state index contributed by atoms with van der Waals surface area (Å²) >= 11 is 0. The monoisotopic (exact) mass is 422 g/mol. The number of carbonyl (C=O) groups is 2. The van der Waals surface area contributed by atoms with Gasteiger partial charge in [0, 0.05) is 18.7 Å². The molecule has 6 heteroatoms. The highest BCUT2D eigenvalue weighted by Gasteiger charge is 2.45. The second-order valence-electron chi connectivity index (χ2n) is 8.44. The van der Waals surface area contributed by atoms with Gasteiger partial charge in [-0.15, -0.1) is 0 Å². The second-order valence-corrected chi connectivity index (χ2v) is 8.44. The molecule has 2 aromatic rings. The molecular weight excluding hydrogens is 392 g/mol. The number of Topliss-reactive ketones (excluding diaryl/α,β-unsaturated/α-hetero) is 1. The van der Waals surface area contributed by atoms with Gasteiger partial charge in [0.2, 0.25) is 0 Å². The molecule has 1 N–H and O–H groups in total. The predicted octanol–water partition coefficient (Wildman–Crippen LogP) is 3.70. The topological polar surface area (TPSA) is 70.1 Å². The van der Waals surface area contributed by atoms with Gasteiger partial charge in [-0.05, 0) is 49.8 Å². The lowest BCUT2D eigenvalue weighted by molar-refractivity contribution is -0.140. The van der Waals surface area contributed by atoms with Gasteiger partial charge >= 0.3 is 0 Å². The number of likely N-dealkylation sites (tertiary alicyclic amines) is 1. The highest BCUT2D eigenvalue weighted by Crippen LogP contribution is 2.39. The van der Waals surface area contributed by atoms with E-state index in [1.54, 1.807) is 29.2 Å². The summed E-state index contributed by atoms with van der Waals surface area (Å²) < 4.78 is 5.70. The molecule has 0 radical (unpaired) electrons. The summed E-state index contributed by atoms with van der Waals surface area (Å²) in [5, 5.41) is 11.1. The summed E-state index contributed by atoms with van der Waals surface area (Å²) in [5.74, 6) is -0.331. The van der Waals surface area contributed by atoms with E-state index < -0.39 is 17.7 Å². The molecule has 164 valence electrons. The van der Waals surface area contributed by atoms with Crippen LogP contribution in [0.5, 0.6) is 5.75 Å². The number of amides is 1. The van der Waals surface area contributed by atoms with Crippen LogP contribution in [0.4, 0.5) is 0 Å². The van der Waals surface area contributed by atoms with E-state index in [2.05, 4.69) is 13.8 Å². The van der Waals surface area contributed by atoms with Crippen LogP contribution in [-0.2, 0) is 9.59 Å². The zero-order valence-corrected chi connectivity index (χ0v) is 18.5. The highest BCUT2D eigenvalue weighted by molar-refractivity contribution is 6.46. The van der Waals surface area contributed by atoms with E-state index in [-0.39, 0.29) is 11.3 Å². The SMILES string of the molecule is CC(C)COc1ccc(C(O)=C2C(=O)C(=O)N(CCN(C)C)[C@H]2c2ccccc2)cc1. The molecular formula is C25H30N2O4. The van der Waals surface area contributed by atoms with Gasteiger partial charge in [-0.3, -0.25) is 9.59 Å². The zero-order valence-electron chi connectivity index (χ0n) is 18.5. The van der Waals surface area contributed by atoms with Crippen molar-refractivity contribution in [2.45, 2.75) is 19.9 Å². The normalized spacial score (nSPS) is 18.3. The first-order chi connectivity index (χ1) is 14.8. The lowest BCUT2D eigenvalue weighted by atomic mass is 9.95. The van der Waals surface area contributed by atoms with Crippen molar-refractivity contribution in [3.8, 4) is 5.75 Å². The third-order valence-electron chi connectivity index (χ3n) is 5.15. The van der Waals surface area contributed by atoms with Gasteiger partial charge in [0.15, 0.2) is 0 Å². The first-order valence-electron chi connectivity index (χ1n) is 10.5. The van der Waals surface area contributed by atoms with Crippen molar-refractivity contribution in [1.82, 2.24) is 9.80 Å². The molecule has 3 rings (SSSR count). The predicted molar refractivity (Wildman–Crippen MR) is 121 cm³/mol. The molecule has 1 fully saturated rings. The van der Waals surface area contributed by atoms with E-state index in [4.69, 9.17) is 4.74 Å². The number of aliphatic hydroxyl groups is 1. The molecule has 1 heterocycles. The molecule has 1 aliphatic heterocycles. The average molecular weight is 423 g/mol. The fourth-order valence-electron chi connectivity index (χ4n) is 3.53. The van der Waals surface area contributed by atoms with Crippen molar-refractivity contribution in [2.24, 2.45) is 5.92 Å². The number of ether oxygens (including phenoxy) is 1. The molecule has 2 aromatic carbocycles. The van der Waals surface area contributed by atoms with Gasteiger partial charge in [0.05, 0.1) is 18.2 Å². The Hall–Kier alpha value is -3.12. The van der Waals surface area contributed by atoms with E-state index in [1.807, 2.05) is 49.3 Å². The average Bonchev–Trinajstić information content (AvgIpc) is 3.01. The van der Waals surface area contributed by atoms with E-state index in [9.17, 15) is 14.7 Å². The van der Waals surface area contributed by atoms with Gasteiger partial charge in [0.25, 0.3) is 11.7 Å². The molecule has 31 heavy (non-hydrogen) atoms. The van der Waals surface area contributed by atoms with E-state index in [0.717, 1.165) is 5.56 Å². The molecule has 1 atom stereocenters. The largest absolute Gasteiger partial charge is 0.507 e. The van der Waals surface area contributed by atoms with E-state index >= 15 is 0 Å². The van der Waals surface area contributed by atoms with Crippen LogP contribution in [0.3, 0.4) is 0 Å². The van der Waals surface area contributed by atoms with Gasteiger partial charge in [-0.1, -0.05) is 44.2 Å². The fraction of sp³-hybridized carbons (Fsp3) is 0.360. The summed E-state index contributed by atoms with van der Waals surface area (Å²) in [6, 6.07) is 15.7. The molecule has 1 saturated heterocycles. The van der Waals surface area contributed by atoms with Gasteiger partial charge in [0.1, 0.15) is 11.5 Å². The minimum atomic E-state index is -0.662. The Morgan fingerprint density at radius 3 is 2.29 bits per heavy atom. The minimum absolute atomic E-state index is 0.116. The van der Waals surface area contributed by atoms with Crippen molar-refractivity contribution >= 4 is 17.4 Å². The summed E-state index contributed by atoms with van der Waals surface area (Å²) in [5.41, 5.74) is 1.38. The number of benzene rings is 2. The summed E-state index contributed by atoms with van der Waals surface area (Å²) in [6.07, 6.45) is 0. The van der Waals surface area contributed by atoms with Crippen molar-refractivity contribution in [3.05, 3.63) is 71.3 Å². The molecule has 0 unspecified atom stereocenters. The van der Waals surface area contributed by atoms with Crippen molar-refractivity contribution in [3.63, 3.8) is 0 Å². The Kier molecular flexibility index (Phi) is 7.13. The summed E-state index contributed by atoms with van der Waals surface area (Å²) in [7, 11) is 3.83. The maximum atomic E-state index is 13.0. The van der Waals surface area contributed by atoms with Gasteiger partial charge < -0.3 is 19.6 Å². The summed E-state index contributed by atoms with van der Waals surface area (Å²) in [4.78, 5) is 29.3. The second kappa shape index (κ2) is 9.79.